The Morgan fingerprint density at radius 1 is 1.35 bits per heavy atom. The van der Waals surface area contributed by atoms with E-state index >= 15 is 0 Å². The molecule has 0 amide bonds. The molecular weight excluding hydrogens is 262 g/mol. The minimum atomic E-state index is -3.43. The highest BCUT2D eigenvalue weighted by atomic mass is 35.5. The molecule has 0 aliphatic rings. The van der Waals surface area contributed by atoms with Gasteiger partial charge in [-0.2, -0.15) is 0 Å². The van der Waals surface area contributed by atoms with Crippen LogP contribution in [0, 0.1) is 6.92 Å². The quantitative estimate of drug-likeness (QED) is 0.563. The summed E-state index contributed by atoms with van der Waals surface area (Å²) in [5, 5.41) is 0.121. The summed E-state index contributed by atoms with van der Waals surface area (Å²) in [6.07, 6.45) is 5.15. The van der Waals surface area contributed by atoms with Gasteiger partial charge in [-0.05, 0) is 19.8 Å². The first-order valence-electron chi connectivity index (χ1n) is 5.63. The predicted octanol–water partition coefficient (Wildman–Crippen LogP) is 1.80. The van der Waals surface area contributed by atoms with E-state index in [1.807, 2.05) is 0 Å². The maximum Gasteiger partial charge on any atom is 0.257 e. The van der Waals surface area contributed by atoms with Crippen LogP contribution in [0.3, 0.4) is 0 Å². The molecule has 1 aromatic heterocycles. The molecule has 0 aliphatic carbocycles. The van der Waals surface area contributed by atoms with Crippen LogP contribution >= 0.6 is 11.6 Å². The molecule has 2 N–H and O–H groups in total. The van der Waals surface area contributed by atoms with Crippen molar-refractivity contribution in [3.63, 3.8) is 0 Å². The Hall–Kier alpha value is -0.590. The van der Waals surface area contributed by atoms with Crippen LogP contribution in [0.1, 0.15) is 31.5 Å². The minimum absolute atomic E-state index is 0.121. The minimum Gasteiger partial charge on any atom is -0.332 e. The standard InChI is InChI=1S/C10H18ClN3O2S/c1-9-12-8-10(14-9)17(15,16)13-7-5-3-2-4-6-11/h8,13H,2-7H2,1H3,(H,12,14). The highest BCUT2D eigenvalue weighted by molar-refractivity contribution is 7.89. The molecule has 0 saturated carbocycles. The third-order valence-corrected chi connectivity index (χ3v) is 3.96. The van der Waals surface area contributed by atoms with Crippen LogP contribution in [-0.2, 0) is 10.0 Å². The van der Waals surface area contributed by atoms with Crippen molar-refractivity contribution in [1.29, 1.82) is 0 Å². The first-order chi connectivity index (χ1) is 8.06. The number of aromatic nitrogens is 2. The molecule has 98 valence electrons. The van der Waals surface area contributed by atoms with Gasteiger partial charge in [-0.15, -0.1) is 11.6 Å². The molecule has 7 heteroatoms. The van der Waals surface area contributed by atoms with Gasteiger partial charge in [0.1, 0.15) is 5.82 Å². The zero-order valence-electron chi connectivity index (χ0n) is 9.87. The van der Waals surface area contributed by atoms with E-state index in [1.165, 1.54) is 6.20 Å². The Bertz CT molecular complexity index is 431. The van der Waals surface area contributed by atoms with E-state index in [0.29, 0.717) is 18.2 Å². The molecule has 1 heterocycles. The number of hydrogen-bond acceptors (Lipinski definition) is 3. The first-order valence-corrected chi connectivity index (χ1v) is 7.65. The number of halogens is 1. The van der Waals surface area contributed by atoms with Crippen molar-refractivity contribution in [2.45, 2.75) is 37.6 Å². The monoisotopic (exact) mass is 279 g/mol. The Kier molecular flexibility index (Phi) is 5.94. The molecule has 0 atom stereocenters. The van der Waals surface area contributed by atoms with Gasteiger partial charge in [0.2, 0.25) is 0 Å². The van der Waals surface area contributed by atoms with Crippen LogP contribution in [0.2, 0.25) is 0 Å². The lowest BCUT2D eigenvalue weighted by atomic mass is 10.2. The number of aromatic amines is 1. The van der Waals surface area contributed by atoms with Gasteiger partial charge in [-0.3, -0.25) is 0 Å². The number of sulfonamides is 1. The number of nitrogens with one attached hydrogen (secondary N) is 2. The fraction of sp³-hybridized carbons (Fsp3) is 0.700. The topological polar surface area (TPSA) is 74.8 Å². The second kappa shape index (κ2) is 6.98. The first kappa shape index (κ1) is 14.5. The highest BCUT2D eigenvalue weighted by Crippen LogP contribution is 2.05. The molecule has 0 spiro atoms. The Labute approximate surface area is 107 Å². The van der Waals surface area contributed by atoms with Gasteiger partial charge in [0.15, 0.2) is 5.03 Å². The summed E-state index contributed by atoms with van der Waals surface area (Å²) in [6, 6.07) is 0. The highest BCUT2D eigenvalue weighted by Gasteiger charge is 2.15. The van der Waals surface area contributed by atoms with Gasteiger partial charge in [-0.1, -0.05) is 12.8 Å². The molecule has 0 aliphatic heterocycles. The van der Waals surface area contributed by atoms with E-state index in [0.717, 1.165) is 25.7 Å². The number of imidazole rings is 1. The van der Waals surface area contributed by atoms with E-state index < -0.39 is 10.0 Å². The molecular formula is C10H18ClN3O2S. The van der Waals surface area contributed by atoms with Gasteiger partial charge in [0, 0.05) is 12.4 Å². The zero-order chi connectivity index (χ0) is 12.7. The summed E-state index contributed by atoms with van der Waals surface area (Å²) in [5.41, 5.74) is 0. The summed E-state index contributed by atoms with van der Waals surface area (Å²) in [6.45, 7) is 2.16. The zero-order valence-corrected chi connectivity index (χ0v) is 11.4. The lowest BCUT2D eigenvalue weighted by molar-refractivity contribution is 0.570. The summed E-state index contributed by atoms with van der Waals surface area (Å²) >= 11 is 5.55. The number of hydrogen-bond donors (Lipinski definition) is 2. The molecule has 0 fully saturated rings. The van der Waals surface area contributed by atoms with Gasteiger partial charge < -0.3 is 4.98 Å². The second-order valence-electron chi connectivity index (χ2n) is 3.83. The Morgan fingerprint density at radius 3 is 2.65 bits per heavy atom. The smallest absolute Gasteiger partial charge is 0.257 e. The van der Waals surface area contributed by atoms with E-state index in [9.17, 15) is 8.42 Å². The molecule has 5 nitrogen and oxygen atoms in total. The average Bonchev–Trinajstić information content (AvgIpc) is 2.71. The lowest BCUT2D eigenvalue weighted by Gasteiger charge is -2.04. The molecule has 1 aromatic rings. The Morgan fingerprint density at radius 2 is 2.06 bits per heavy atom. The van der Waals surface area contributed by atoms with Gasteiger partial charge in [-0.25, -0.2) is 18.1 Å². The molecule has 17 heavy (non-hydrogen) atoms. The third-order valence-electron chi connectivity index (χ3n) is 2.32. The third kappa shape index (κ3) is 5.06. The van der Waals surface area contributed by atoms with Crippen molar-refractivity contribution in [3.8, 4) is 0 Å². The SMILES string of the molecule is Cc1ncc(S(=O)(=O)NCCCCCCCl)[nH]1. The lowest BCUT2D eigenvalue weighted by Crippen LogP contribution is -2.25. The fourth-order valence-electron chi connectivity index (χ4n) is 1.39. The summed E-state index contributed by atoms with van der Waals surface area (Å²) < 4.78 is 26.0. The number of aryl methyl sites for hydroxylation is 1. The summed E-state index contributed by atoms with van der Waals surface area (Å²) in [4.78, 5) is 6.56. The number of nitrogens with zero attached hydrogens (tertiary/aromatic N) is 1. The number of unbranched alkanes of at least 4 members (excludes halogenated alkanes) is 3. The van der Waals surface area contributed by atoms with Crippen LogP contribution in [0.25, 0.3) is 0 Å². The number of H-pyrrole nitrogens is 1. The largest absolute Gasteiger partial charge is 0.332 e. The molecule has 0 saturated heterocycles. The number of rotatable bonds is 8. The predicted molar refractivity (Wildman–Crippen MR) is 67.7 cm³/mol. The van der Waals surface area contributed by atoms with Crippen molar-refractivity contribution < 1.29 is 8.42 Å². The van der Waals surface area contributed by atoms with E-state index in [1.54, 1.807) is 6.92 Å². The van der Waals surface area contributed by atoms with Crippen LogP contribution in [0.4, 0.5) is 0 Å². The van der Waals surface area contributed by atoms with Crippen molar-refractivity contribution >= 4 is 21.6 Å². The average molecular weight is 280 g/mol. The summed E-state index contributed by atoms with van der Waals surface area (Å²) in [7, 11) is -3.43. The summed E-state index contributed by atoms with van der Waals surface area (Å²) in [5.74, 6) is 1.26. The van der Waals surface area contributed by atoms with Crippen molar-refractivity contribution in [2.75, 3.05) is 12.4 Å². The second-order valence-corrected chi connectivity index (χ2v) is 5.95. The van der Waals surface area contributed by atoms with E-state index in [-0.39, 0.29) is 5.03 Å². The van der Waals surface area contributed by atoms with Gasteiger partial charge in [0.25, 0.3) is 10.0 Å². The van der Waals surface area contributed by atoms with Gasteiger partial charge >= 0.3 is 0 Å². The van der Waals surface area contributed by atoms with Gasteiger partial charge in [0.05, 0.1) is 6.20 Å². The molecule has 0 aromatic carbocycles. The molecule has 0 bridgehead atoms. The number of alkyl halides is 1. The van der Waals surface area contributed by atoms with Crippen LogP contribution in [0.15, 0.2) is 11.2 Å². The normalized spacial score (nSPS) is 11.9. The van der Waals surface area contributed by atoms with Crippen molar-refractivity contribution in [2.24, 2.45) is 0 Å². The van der Waals surface area contributed by atoms with Crippen LogP contribution in [0.5, 0.6) is 0 Å². The van der Waals surface area contributed by atoms with E-state index in [2.05, 4.69) is 14.7 Å². The van der Waals surface area contributed by atoms with Crippen LogP contribution < -0.4 is 4.72 Å². The maximum atomic E-state index is 11.7. The van der Waals surface area contributed by atoms with Crippen molar-refractivity contribution in [1.82, 2.24) is 14.7 Å². The Balaban J connectivity index is 2.31. The van der Waals surface area contributed by atoms with Crippen molar-refractivity contribution in [3.05, 3.63) is 12.0 Å². The maximum absolute atomic E-state index is 11.7. The molecule has 1 rings (SSSR count). The van der Waals surface area contributed by atoms with E-state index in [4.69, 9.17) is 11.6 Å². The molecule has 0 radical (unpaired) electrons. The van der Waals surface area contributed by atoms with Crippen LogP contribution in [-0.4, -0.2) is 30.8 Å². The molecule has 0 unspecified atom stereocenters. The fourth-order valence-corrected chi connectivity index (χ4v) is 2.62.